The van der Waals surface area contributed by atoms with E-state index in [1.54, 1.807) is 12.1 Å². The van der Waals surface area contributed by atoms with Gasteiger partial charge < -0.3 is 5.43 Å². The molecule has 0 amide bonds. The molecule has 0 saturated carbocycles. The highest BCUT2D eigenvalue weighted by molar-refractivity contribution is 5.36. The predicted octanol–water partition coefficient (Wildman–Crippen LogP) is 3.71. The molecule has 0 aliphatic rings. The lowest BCUT2D eigenvalue weighted by Crippen LogP contribution is -2.22. The van der Waals surface area contributed by atoms with Crippen LogP contribution in [0.3, 0.4) is 0 Å². The first kappa shape index (κ1) is 14.1. The summed E-state index contributed by atoms with van der Waals surface area (Å²) in [5.41, 5.74) is 6.71. The van der Waals surface area contributed by atoms with Crippen molar-refractivity contribution in [1.82, 2.24) is 4.68 Å². The van der Waals surface area contributed by atoms with Gasteiger partial charge in [-0.1, -0.05) is 19.1 Å². The molecule has 0 spiro atoms. The smallest absolute Gasteiger partial charge is 0.269 e. The van der Waals surface area contributed by atoms with Gasteiger partial charge in [-0.25, -0.2) is 0 Å². The van der Waals surface area contributed by atoms with Crippen LogP contribution in [0.2, 0.25) is 0 Å². The predicted molar refractivity (Wildman–Crippen MR) is 79.4 cm³/mol. The zero-order valence-corrected chi connectivity index (χ0v) is 12.0. The second-order valence-corrected chi connectivity index (χ2v) is 4.89. The highest BCUT2D eigenvalue weighted by Gasteiger charge is 2.14. The standard InChI is InChI=1S/C15H19N3O2/c1-4-15(16-17-11(2)8-9-12(17)3)13-6-5-7-14(10-13)18(19)20/h5-10,15-16H,4H2,1-3H3. The third kappa shape index (κ3) is 2.82. The maximum Gasteiger partial charge on any atom is 0.269 e. The molecule has 0 fully saturated rings. The monoisotopic (exact) mass is 273 g/mol. The number of nitrogens with one attached hydrogen (secondary N) is 1. The maximum atomic E-state index is 10.9. The van der Waals surface area contributed by atoms with E-state index in [2.05, 4.69) is 12.3 Å². The van der Waals surface area contributed by atoms with Crippen LogP contribution >= 0.6 is 0 Å². The lowest BCUT2D eigenvalue weighted by atomic mass is 10.0. The number of rotatable bonds is 5. The van der Waals surface area contributed by atoms with Crippen molar-refractivity contribution >= 4 is 5.69 Å². The van der Waals surface area contributed by atoms with Gasteiger partial charge in [0.15, 0.2) is 0 Å². The number of benzene rings is 1. The maximum absolute atomic E-state index is 10.9. The van der Waals surface area contributed by atoms with E-state index in [1.807, 2.05) is 36.7 Å². The molecule has 20 heavy (non-hydrogen) atoms. The summed E-state index contributed by atoms with van der Waals surface area (Å²) < 4.78 is 2.02. The fourth-order valence-electron chi connectivity index (χ4n) is 2.28. The number of hydrogen-bond donors (Lipinski definition) is 1. The van der Waals surface area contributed by atoms with Gasteiger partial charge in [0.25, 0.3) is 5.69 Å². The van der Waals surface area contributed by atoms with Crippen LogP contribution in [0.15, 0.2) is 36.4 Å². The van der Waals surface area contributed by atoms with Gasteiger partial charge in [-0.15, -0.1) is 0 Å². The van der Waals surface area contributed by atoms with Crippen molar-refractivity contribution in [3.63, 3.8) is 0 Å². The van der Waals surface area contributed by atoms with Crippen LogP contribution < -0.4 is 5.43 Å². The summed E-state index contributed by atoms with van der Waals surface area (Å²) >= 11 is 0. The molecule has 2 aromatic rings. The van der Waals surface area contributed by atoms with E-state index >= 15 is 0 Å². The van der Waals surface area contributed by atoms with Gasteiger partial charge in [-0.2, -0.15) is 0 Å². The zero-order valence-electron chi connectivity index (χ0n) is 12.0. The van der Waals surface area contributed by atoms with Crippen LogP contribution in [0, 0.1) is 24.0 Å². The summed E-state index contributed by atoms with van der Waals surface area (Å²) in [4.78, 5) is 10.5. The van der Waals surface area contributed by atoms with Gasteiger partial charge in [0.1, 0.15) is 0 Å². The second kappa shape index (κ2) is 5.77. The van der Waals surface area contributed by atoms with E-state index < -0.39 is 0 Å². The van der Waals surface area contributed by atoms with Crippen molar-refractivity contribution in [2.45, 2.75) is 33.2 Å². The molecular weight excluding hydrogens is 254 g/mol. The van der Waals surface area contributed by atoms with E-state index in [1.165, 1.54) is 6.07 Å². The van der Waals surface area contributed by atoms with Crippen molar-refractivity contribution in [2.75, 3.05) is 5.43 Å². The first-order valence-corrected chi connectivity index (χ1v) is 6.68. The minimum Gasteiger partial charge on any atom is -0.318 e. The minimum atomic E-state index is -0.359. The third-order valence-corrected chi connectivity index (χ3v) is 3.45. The SMILES string of the molecule is CCC(Nn1c(C)ccc1C)c1cccc([N+](=O)[O-])c1. The second-order valence-electron chi connectivity index (χ2n) is 4.89. The summed E-state index contributed by atoms with van der Waals surface area (Å²) in [6.07, 6.45) is 0.845. The van der Waals surface area contributed by atoms with Gasteiger partial charge in [0.2, 0.25) is 0 Å². The van der Waals surface area contributed by atoms with Gasteiger partial charge in [-0.3, -0.25) is 14.8 Å². The van der Waals surface area contributed by atoms with E-state index in [9.17, 15) is 10.1 Å². The Morgan fingerprint density at radius 3 is 2.45 bits per heavy atom. The van der Waals surface area contributed by atoms with Gasteiger partial charge in [-0.05, 0) is 38.0 Å². The van der Waals surface area contributed by atoms with Crippen LogP contribution in [-0.2, 0) is 0 Å². The van der Waals surface area contributed by atoms with Crippen molar-refractivity contribution in [2.24, 2.45) is 0 Å². The molecule has 5 heteroatoms. The number of nitro benzene ring substituents is 1. The molecule has 0 aliphatic carbocycles. The van der Waals surface area contributed by atoms with Crippen molar-refractivity contribution in [1.29, 1.82) is 0 Å². The number of nitrogens with zero attached hydrogens (tertiary/aromatic N) is 2. The van der Waals surface area contributed by atoms with E-state index in [0.717, 1.165) is 23.4 Å². The van der Waals surface area contributed by atoms with Gasteiger partial charge >= 0.3 is 0 Å². The normalized spacial score (nSPS) is 12.2. The fourth-order valence-corrected chi connectivity index (χ4v) is 2.28. The summed E-state index contributed by atoms with van der Waals surface area (Å²) in [5.74, 6) is 0. The summed E-state index contributed by atoms with van der Waals surface area (Å²) in [6, 6.07) is 10.9. The number of hydrogen-bond acceptors (Lipinski definition) is 3. The Kier molecular flexibility index (Phi) is 4.08. The summed E-state index contributed by atoms with van der Waals surface area (Å²) in [5, 5.41) is 10.9. The minimum absolute atomic E-state index is 0.0414. The Hall–Kier alpha value is -2.30. The Balaban J connectivity index is 2.29. The molecule has 0 radical (unpaired) electrons. The molecule has 1 aromatic heterocycles. The molecule has 0 saturated heterocycles. The molecule has 1 aromatic carbocycles. The van der Waals surface area contributed by atoms with Crippen LogP contribution in [0.4, 0.5) is 5.69 Å². The molecular formula is C15H19N3O2. The number of aromatic nitrogens is 1. The Bertz CT molecular complexity index is 600. The third-order valence-electron chi connectivity index (χ3n) is 3.45. The molecule has 5 nitrogen and oxygen atoms in total. The van der Waals surface area contributed by atoms with Gasteiger partial charge in [0, 0.05) is 23.5 Å². The van der Waals surface area contributed by atoms with Crippen molar-refractivity contribution in [3.8, 4) is 0 Å². The van der Waals surface area contributed by atoms with E-state index in [0.29, 0.717) is 0 Å². The molecule has 1 heterocycles. The highest BCUT2D eigenvalue weighted by atomic mass is 16.6. The lowest BCUT2D eigenvalue weighted by Gasteiger charge is -2.22. The van der Waals surface area contributed by atoms with Crippen LogP contribution in [-0.4, -0.2) is 9.60 Å². The molecule has 0 aliphatic heterocycles. The Morgan fingerprint density at radius 1 is 1.25 bits per heavy atom. The molecule has 0 bridgehead atoms. The summed E-state index contributed by atoms with van der Waals surface area (Å²) in [6.45, 7) is 6.12. The van der Waals surface area contributed by atoms with Crippen LogP contribution in [0.1, 0.15) is 36.3 Å². The molecule has 1 N–H and O–H groups in total. The zero-order chi connectivity index (χ0) is 14.7. The highest BCUT2D eigenvalue weighted by Crippen LogP contribution is 2.23. The lowest BCUT2D eigenvalue weighted by molar-refractivity contribution is -0.384. The summed E-state index contributed by atoms with van der Waals surface area (Å²) in [7, 11) is 0. The van der Waals surface area contributed by atoms with E-state index in [-0.39, 0.29) is 16.7 Å². The molecule has 106 valence electrons. The first-order chi connectivity index (χ1) is 9.52. The van der Waals surface area contributed by atoms with Crippen LogP contribution in [0.25, 0.3) is 0 Å². The van der Waals surface area contributed by atoms with E-state index in [4.69, 9.17) is 0 Å². The fraction of sp³-hybridized carbons (Fsp3) is 0.333. The number of aryl methyl sites for hydroxylation is 2. The molecule has 1 atom stereocenters. The average molecular weight is 273 g/mol. The van der Waals surface area contributed by atoms with Crippen LogP contribution in [0.5, 0.6) is 0 Å². The molecule has 1 unspecified atom stereocenters. The van der Waals surface area contributed by atoms with Crippen molar-refractivity contribution in [3.05, 3.63) is 63.5 Å². The number of nitro groups is 1. The largest absolute Gasteiger partial charge is 0.318 e. The topological polar surface area (TPSA) is 60.1 Å². The quantitative estimate of drug-likeness (QED) is 0.667. The molecule has 2 rings (SSSR count). The Morgan fingerprint density at radius 2 is 1.90 bits per heavy atom. The Labute approximate surface area is 118 Å². The first-order valence-electron chi connectivity index (χ1n) is 6.68. The average Bonchev–Trinajstić information content (AvgIpc) is 2.76. The number of non-ortho nitro benzene ring substituents is 1. The van der Waals surface area contributed by atoms with Gasteiger partial charge in [0.05, 0.1) is 11.0 Å². The van der Waals surface area contributed by atoms with Crippen molar-refractivity contribution < 1.29 is 4.92 Å².